The largest absolute Gasteiger partial charge is 0.317 e. The highest BCUT2D eigenvalue weighted by molar-refractivity contribution is 7.89. The lowest BCUT2D eigenvalue weighted by Crippen LogP contribution is -2.25. The van der Waals surface area contributed by atoms with Gasteiger partial charge in [-0.15, -0.1) is 10.2 Å². The van der Waals surface area contributed by atoms with Crippen molar-refractivity contribution in [3.63, 3.8) is 0 Å². The third-order valence-corrected chi connectivity index (χ3v) is 4.05. The summed E-state index contributed by atoms with van der Waals surface area (Å²) >= 11 is 0. The zero-order valence-corrected chi connectivity index (χ0v) is 11.6. The van der Waals surface area contributed by atoms with Crippen LogP contribution in [0.4, 0.5) is 5.82 Å². The van der Waals surface area contributed by atoms with Gasteiger partial charge in [0.1, 0.15) is 18.0 Å². The van der Waals surface area contributed by atoms with Gasteiger partial charge in [0, 0.05) is 18.8 Å². The molecule has 0 amide bonds. The van der Waals surface area contributed by atoms with E-state index >= 15 is 0 Å². The predicted molar refractivity (Wildman–Crippen MR) is 71.8 cm³/mol. The lowest BCUT2D eigenvalue weighted by Gasteiger charge is -2.08. The molecule has 0 aliphatic carbocycles. The fourth-order valence-electron chi connectivity index (χ4n) is 1.58. The SMILES string of the molecule is CCn1cnnc1CNS(=O)(=O)c1ccnc(NN)c1. The molecule has 2 rings (SSSR count). The Morgan fingerprint density at radius 1 is 1.45 bits per heavy atom. The van der Waals surface area contributed by atoms with Crippen molar-refractivity contribution in [3.8, 4) is 0 Å². The molecule has 0 spiro atoms. The number of nitrogens with two attached hydrogens (primary N) is 1. The number of hydrogen-bond acceptors (Lipinski definition) is 7. The van der Waals surface area contributed by atoms with Gasteiger partial charge in [0.15, 0.2) is 0 Å². The molecule has 20 heavy (non-hydrogen) atoms. The van der Waals surface area contributed by atoms with Gasteiger partial charge in [0.05, 0.1) is 11.4 Å². The van der Waals surface area contributed by atoms with Gasteiger partial charge in [-0.3, -0.25) is 0 Å². The van der Waals surface area contributed by atoms with Crippen LogP contribution in [0, 0.1) is 0 Å². The zero-order chi connectivity index (χ0) is 14.6. The maximum absolute atomic E-state index is 12.1. The van der Waals surface area contributed by atoms with E-state index < -0.39 is 10.0 Å². The summed E-state index contributed by atoms with van der Waals surface area (Å²) in [6.07, 6.45) is 2.91. The number of nitrogens with one attached hydrogen (secondary N) is 2. The molecule has 9 nitrogen and oxygen atoms in total. The Morgan fingerprint density at radius 2 is 2.25 bits per heavy atom. The molecule has 0 atom stereocenters. The van der Waals surface area contributed by atoms with Gasteiger partial charge in [-0.25, -0.2) is 24.0 Å². The van der Waals surface area contributed by atoms with Crippen LogP contribution in [-0.2, 0) is 23.1 Å². The van der Waals surface area contributed by atoms with E-state index in [1.807, 2.05) is 6.92 Å². The van der Waals surface area contributed by atoms with Gasteiger partial charge in [0.25, 0.3) is 0 Å². The summed E-state index contributed by atoms with van der Waals surface area (Å²) in [5.41, 5.74) is 2.30. The van der Waals surface area contributed by atoms with Crippen molar-refractivity contribution in [3.05, 3.63) is 30.5 Å². The summed E-state index contributed by atoms with van der Waals surface area (Å²) in [6, 6.07) is 2.72. The normalized spacial score (nSPS) is 11.5. The van der Waals surface area contributed by atoms with Gasteiger partial charge in [-0.2, -0.15) is 0 Å². The zero-order valence-electron chi connectivity index (χ0n) is 10.8. The molecule has 2 heterocycles. The number of pyridine rings is 1. The molecule has 0 radical (unpaired) electrons. The molecule has 10 heteroatoms. The maximum atomic E-state index is 12.1. The first kappa shape index (κ1) is 14.4. The lowest BCUT2D eigenvalue weighted by molar-refractivity contribution is 0.575. The minimum atomic E-state index is -3.66. The summed E-state index contributed by atoms with van der Waals surface area (Å²) in [4.78, 5) is 3.93. The molecule has 2 aromatic heterocycles. The van der Waals surface area contributed by atoms with Crippen LogP contribution in [0.3, 0.4) is 0 Å². The number of hydrazine groups is 1. The van der Waals surface area contributed by atoms with Gasteiger partial charge in [0.2, 0.25) is 10.0 Å². The first-order chi connectivity index (χ1) is 9.56. The molecule has 0 aliphatic heterocycles. The van der Waals surface area contributed by atoms with E-state index in [2.05, 4.69) is 25.3 Å². The fourth-order valence-corrected chi connectivity index (χ4v) is 2.57. The molecule has 0 aromatic carbocycles. The fraction of sp³-hybridized carbons (Fsp3) is 0.300. The molecule has 4 N–H and O–H groups in total. The molecule has 108 valence electrons. The molecule has 0 aliphatic rings. The lowest BCUT2D eigenvalue weighted by atomic mass is 10.5. The molecule has 0 fully saturated rings. The van der Waals surface area contributed by atoms with E-state index in [0.717, 1.165) is 0 Å². The number of nitrogen functional groups attached to an aromatic ring is 1. The number of hydrogen-bond donors (Lipinski definition) is 3. The van der Waals surface area contributed by atoms with Crippen molar-refractivity contribution in [1.29, 1.82) is 0 Å². The van der Waals surface area contributed by atoms with Gasteiger partial charge < -0.3 is 9.99 Å². The Hall–Kier alpha value is -2.04. The van der Waals surface area contributed by atoms with E-state index in [4.69, 9.17) is 5.84 Å². The third-order valence-electron chi connectivity index (χ3n) is 2.65. The van der Waals surface area contributed by atoms with Crippen LogP contribution in [0.25, 0.3) is 0 Å². The highest BCUT2D eigenvalue weighted by atomic mass is 32.2. The van der Waals surface area contributed by atoms with Crippen LogP contribution in [0.5, 0.6) is 0 Å². The van der Waals surface area contributed by atoms with Gasteiger partial charge in [-0.1, -0.05) is 0 Å². The smallest absolute Gasteiger partial charge is 0.241 e. The predicted octanol–water partition coefficient (Wildman–Crippen LogP) is -0.543. The Morgan fingerprint density at radius 3 is 2.95 bits per heavy atom. The van der Waals surface area contributed by atoms with Crippen molar-refractivity contribution in [2.45, 2.75) is 24.9 Å². The average Bonchev–Trinajstić information content (AvgIpc) is 2.93. The first-order valence-corrected chi connectivity index (χ1v) is 7.34. The van der Waals surface area contributed by atoms with E-state index in [9.17, 15) is 8.42 Å². The first-order valence-electron chi connectivity index (χ1n) is 5.86. The minimum Gasteiger partial charge on any atom is -0.317 e. The van der Waals surface area contributed by atoms with Crippen molar-refractivity contribution in [1.82, 2.24) is 24.5 Å². The Balaban J connectivity index is 2.15. The average molecular weight is 297 g/mol. The van der Waals surface area contributed by atoms with Crippen LogP contribution >= 0.6 is 0 Å². The highest BCUT2D eigenvalue weighted by Gasteiger charge is 2.16. The molecule has 0 bridgehead atoms. The Labute approximate surface area is 116 Å². The Bertz CT molecular complexity index is 682. The number of aryl methyl sites for hydroxylation is 1. The van der Waals surface area contributed by atoms with Crippen molar-refractivity contribution in [2.75, 3.05) is 5.43 Å². The number of aromatic nitrogens is 4. The van der Waals surface area contributed by atoms with Crippen LogP contribution in [0.2, 0.25) is 0 Å². The molecular weight excluding hydrogens is 282 g/mol. The molecule has 0 unspecified atom stereocenters. The van der Waals surface area contributed by atoms with E-state index in [1.54, 1.807) is 10.9 Å². The van der Waals surface area contributed by atoms with Crippen molar-refractivity contribution >= 4 is 15.8 Å². The van der Waals surface area contributed by atoms with Gasteiger partial charge >= 0.3 is 0 Å². The minimum absolute atomic E-state index is 0.0594. The molecule has 2 aromatic rings. The van der Waals surface area contributed by atoms with Crippen molar-refractivity contribution in [2.24, 2.45) is 5.84 Å². The third kappa shape index (κ3) is 3.10. The van der Waals surface area contributed by atoms with Crippen LogP contribution in [-0.4, -0.2) is 28.2 Å². The maximum Gasteiger partial charge on any atom is 0.241 e. The summed E-state index contributed by atoms with van der Waals surface area (Å²) < 4.78 is 28.5. The van der Waals surface area contributed by atoms with Crippen LogP contribution < -0.4 is 16.0 Å². The second-order valence-corrected chi connectivity index (χ2v) is 5.65. The van der Waals surface area contributed by atoms with Crippen molar-refractivity contribution < 1.29 is 8.42 Å². The monoisotopic (exact) mass is 297 g/mol. The Kier molecular flexibility index (Phi) is 4.27. The standard InChI is InChI=1S/C10H15N7O2S/c1-2-17-7-13-16-10(17)6-14-20(18,19)8-3-4-12-9(5-8)15-11/h3-5,7,14H,2,6,11H2,1H3,(H,12,15). The second kappa shape index (κ2) is 5.94. The topological polar surface area (TPSA) is 128 Å². The summed E-state index contributed by atoms with van der Waals surface area (Å²) in [5.74, 6) is 6.01. The van der Waals surface area contributed by atoms with Crippen LogP contribution in [0.15, 0.2) is 29.6 Å². The summed E-state index contributed by atoms with van der Waals surface area (Å²) in [6.45, 7) is 2.65. The van der Waals surface area contributed by atoms with E-state index in [0.29, 0.717) is 12.4 Å². The van der Waals surface area contributed by atoms with Crippen LogP contribution in [0.1, 0.15) is 12.7 Å². The number of sulfonamides is 1. The second-order valence-electron chi connectivity index (χ2n) is 3.88. The molecule has 0 saturated carbocycles. The summed E-state index contributed by atoms with van der Waals surface area (Å²) in [7, 11) is -3.66. The number of rotatable bonds is 6. The number of anilines is 1. The quantitative estimate of drug-likeness (QED) is 0.482. The highest BCUT2D eigenvalue weighted by Crippen LogP contribution is 2.12. The number of nitrogens with zero attached hydrogens (tertiary/aromatic N) is 4. The molecular formula is C10H15N7O2S. The summed E-state index contributed by atoms with van der Waals surface area (Å²) in [5, 5.41) is 7.59. The van der Waals surface area contributed by atoms with E-state index in [1.165, 1.54) is 18.3 Å². The molecule has 0 saturated heterocycles. The van der Waals surface area contributed by atoms with Gasteiger partial charge in [-0.05, 0) is 13.0 Å². The van der Waals surface area contributed by atoms with E-state index in [-0.39, 0.29) is 17.3 Å².